The summed E-state index contributed by atoms with van der Waals surface area (Å²) in [6.45, 7) is 8.55. The Bertz CT molecular complexity index is 3650. The van der Waals surface area contributed by atoms with E-state index in [4.69, 9.17) is 63.2 Å². The fraction of sp³-hybridized carbons (Fsp3) is 0.203. The van der Waals surface area contributed by atoms with Gasteiger partial charge in [-0.2, -0.15) is 0 Å². The summed E-state index contributed by atoms with van der Waals surface area (Å²) in [7, 11) is 0. The molecule has 0 spiro atoms. The van der Waals surface area contributed by atoms with Gasteiger partial charge in [-0.1, -0.05) is 126 Å². The van der Waals surface area contributed by atoms with Crippen LogP contribution in [0.1, 0.15) is 87.6 Å². The molecule has 12 rings (SSSR count). The number of benzene rings is 6. The molecule has 5 N–H and O–H groups in total. The van der Waals surface area contributed by atoms with Gasteiger partial charge in [0.15, 0.2) is 57.4 Å². The largest absolute Gasteiger partial charge is 0.454 e. The van der Waals surface area contributed by atoms with E-state index in [0.717, 1.165) is 41.3 Å². The van der Waals surface area contributed by atoms with Crippen molar-refractivity contribution in [3.05, 3.63) is 182 Å². The molecule has 6 aromatic rings. The van der Waals surface area contributed by atoms with Crippen molar-refractivity contribution in [3.63, 3.8) is 0 Å². The molecule has 0 aliphatic carbocycles. The van der Waals surface area contributed by atoms with E-state index in [9.17, 15) is 38.7 Å². The molecule has 1 unspecified atom stereocenters. The molecule has 0 fully saturated rings. The average Bonchev–Trinajstić information content (AvgIpc) is 2.30. The van der Waals surface area contributed by atoms with Crippen molar-refractivity contribution in [1.29, 1.82) is 0 Å². The predicted molar refractivity (Wildman–Crippen MR) is 331 cm³/mol. The number of carbonyl (C=O) groups excluding carboxylic acids is 7. The van der Waals surface area contributed by atoms with Crippen molar-refractivity contribution < 1.29 is 67.1 Å². The molecule has 6 aliphatic rings. The first kappa shape index (κ1) is 66.8. The van der Waals surface area contributed by atoms with E-state index in [-0.39, 0.29) is 81.9 Å². The lowest BCUT2D eigenvalue weighted by molar-refractivity contribution is -0.138. The first-order valence-corrected chi connectivity index (χ1v) is 26.4. The van der Waals surface area contributed by atoms with Crippen LogP contribution >= 0.6 is 34.8 Å². The van der Waals surface area contributed by atoms with Crippen molar-refractivity contribution in [2.24, 2.45) is 0 Å². The van der Waals surface area contributed by atoms with Gasteiger partial charge in [-0.25, -0.2) is 0 Å². The third-order valence-electron chi connectivity index (χ3n) is 12.3. The molecule has 85 heavy (non-hydrogen) atoms. The van der Waals surface area contributed by atoms with Gasteiger partial charge >= 0.3 is 0 Å². The molecule has 6 aliphatic heterocycles. The van der Waals surface area contributed by atoms with Gasteiger partial charge in [-0.05, 0) is 134 Å². The van der Waals surface area contributed by atoms with Crippen LogP contribution in [0, 0.1) is 0 Å². The minimum atomic E-state index is -1.98. The maximum Gasteiger partial charge on any atom is 0.296 e. The highest BCUT2D eigenvalue weighted by atomic mass is 35.5. The van der Waals surface area contributed by atoms with Gasteiger partial charge < -0.3 is 54.8 Å². The van der Waals surface area contributed by atoms with E-state index in [1.807, 2.05) is 24.3 Å². The van der Waals surface area contributed by atoms with Gasteiger partial charge in [0, 0.05) is 21.8 Å². The summed E-state index contributed by atoms with van der Waals surface area (Å²) in [5.41, 5.74) is 3.34. The van der Waals surface area contributed by atoms with Crippen LogP contribution in [0.2, 0.25) is 15.1 Å². The summed E-state index contributed by atoms with van der Waals surface area (Å²) in [5.74, 6) is 1.20. The number of ketones is 4. The van der Waals surface area contributed by atoms with E-state index in [1.54, 1.807) is 103 Å². The fourth-order valence-corrected chi connectivity index (χ4v) is 9.30. The summed E-state index contributed by atoms with van der Waals surface area (Å²) in [6.07, 6.45) is 10.1. The number of allylic oxidation sites excluding steroid dienone is 4. The van der Waals surface area contributed by atoms with Crippen molar-refractivity contribution in [2.75, 3.05) is 49.4 Å². The quantitative estimate of drug-likeness (QED) is 0.0598. The van der Waals surface area contributed by atoms with Crippen molar-refractivity contribution in [1.82, 2.24) is 5.32 Å². The first-order valence-electron chi connectivity index (χ1n) is 25.3. The van der Waals surface area contributed by atoms with Crippen LogP contribution < -0.4 is 49.7 Å². The summed E-state index contributed by atoms with van der Waals surface area (Å²) in [4.78, 5) is 81.6. The van der Waals surface area contributed by atoms with Gasteiger partial charge in [-0.15, -0.1) is 0 Å². The van der Waals surface area contributed by atoms with Crippen LogP contribution in [0.15, 0.2) is 133 Å². The van der Waals surface area contributed by atoms with Crippen LogP contribution in [-0.2, 0) is 34.4 Å². The number of amides is 3. The SMILES string of the molecule is C.C.C.CC(=O)/C=C/c1ccc2c(c1)OCO2.CCNCC.O=C(/C=C/c1ccc2c(c1)OCO2)/C=C1/C(=O)Nc2cccc(Cl)c21.O=C(/C=C/c1ccc2c(c1)OCO2)CC1(O)C(=O)Nc2cccc(Cl)c21.O=C1Nc2cccc(Cl)c2C1=O. The topological polar surface area (TPSA) is 243 Å². The molecular weight excluding hydrogens is 1160 g/mol. The molecule has 0 radical (unpaired) electrons. The fourth-order valence-electron chi connectivity index (χ4n) is 8.43. The monoisotopic (exact) mass is 1220 g/mol. The Hall–Kier alpha value is -9.04. The summed E-state index contributed by atoms with van der Waals surface area (Å²) in [5, 5.41) is 22.6. The van der Waals surface area contributed by atoms with Gasteiger partial charge in [0.2, 0.25) is 20.4 Å². The van der Waals surface area contributed by atoms with E-state index in [2.05, 4.69) is 35.1 Å². The number of hydrogen-bond acceptors (Lipinski definition) is 15. The van der Waals surface area contributed by atoms with Crippen LogP contribution in [0.25, 0.3) is 23.8 Å². The van der Waals surface area contributed by atoms with Gasteiger partial charge in [-0.3, -0.25) is 33.6 Å². The van der Waals surface area contributed by atoms with Crippen molar-refractivity contribution in [2.45, 2.75) is 55.1 Å². The Morgan fingerprint density at radius 2 is 0.988 bits per heavy atom. The van der Waals surface area contributed by atoms with E-state index < -0.39 is 35.4 Å². The van der Waals surface area contributed by atoms with Crippen LogP contribution in [-0.4, -0.2) is 79.4 Å². The van der Waals surface area contributed by atoms with Gasteiger partial charge in [0.1, 0.15) is 0 Å². The van der Waals surface area contributed by atoms with Gasteiger partial charge in [0.25, 0.3) is 23.5 Å². The van der Waals surface area contributed by atoms with E-state index >= 15 is 0 Å². The number of anilines is 3. The van der Waals surface area contributed by atoms with E-state index in [1.165, 1.54) is 31.2 Å². The van der Waals surface area contributed by atoms with Gasteiger partial charge in [0.05, 0.1) is 39.0 Å². The molecule has 18 nitrogen and oxygen atoms in total. The Morgan fingerprint density at radius 3 is 1.47 bits per heavy atom. The zero-order chi connectivity index (χ0) is 58.5. The highest BCUT2D eigenvalue weighted by Crippen LogP contribution is 2.43. The standard InChI is InChI=1S/C19H14ClNO5.C19H12ClNO4.C11H10O3.C8H4ClNO2.C4H11N.3CH4/c20-13-2-1-3-14-17(13)19(24,18(23)21-14)9-12(22)6-4-11-5-7-15-16(8-11)26-10-25-15;20-14-2-1-3-15-18(14)13(19(23)21-15)9-12(22)6-4-11-5-7-16-17(8-11)25-10-24-16;1-8(12)2-3-9-4-5-10-11(6-9)14-7-13-10;9-4-2-1-3-5-6(4)7(11)8(12)10-5;1-3-5-4-2;;;/h1-8,24H,9-10H2,(H,21,23);1-9H,10H2,(H,21,23);2-6H,7H2,1H3;1-3H,(H,10,11,12);5H,3-4H2,1-2H3;3*1H4/b6-4+;6-4+,13-9+;3-2+;;;;;. The normalized spacial score (nSPS) is 15.8. The zero-order valence-corrected chi connectivity index (χ0v) is 46.3. The lowest BCUT2D eigenvalue weighted by atomic mass is 9.89. The number of ether oxygens (including phenoxy) is 6. The van der Waals surface area contributed by atoms with Crippen LogP contribution in [0.3, 0.4) is 0 Å². The maximum absolute atomic E-state index is 12.4. The number of nitrogens with one attached hydrogen (secondary N) is 4. The highest BCUT2D eigenvalue weighted by molar-refractivity contribution is 6.54. The third-order valence-corrected chi connectivity index (χ3v) is 13.3. The Kier molecular flexibility index (Phi) is 23.9. The molecular formula is C64H63Cl3N4O14. The van der Waals surface area contributed by atoms with Crippen molar-refractivity contribution in [3.8, 4) is 34.5 Å². The molecule has 3 amide bonds. The number of hydrogen-bond donors (Lipinski definition) is 5. The summed E-state index contributed by atoms with van der Waals surface area (Å²) < 4.78 is 31.4. The lowest BCUT2D eigenvalue weighted by Crippen LogP contribution is -2.36. The number of fused-ring (bicyclic) bond motifs is 6. The predicted octanol–water partition coefficient (Wildman–Crippen LogP) is 12.6. The molecule has 21 heteroatoms. The Morgan fingerprint density at radius 1 is 0.553 bits per heavy atom. The lowest BCUT2D eigenvalue weighted by Gasteiger charge is -2.20. The highest BCUT2D eigenvalue weighted by Gasteiger charge is 2.48. The number of halogens is 3. The second-order valence-electron chi connectivity index (χ2n) is 18.0. The minimum absolute atomic E-state index is 0. The van der Waals surface area contributed by atoms with Crippen molar-refractivity contribution >= 4 is 117 Å². The third kappa shape index (κ3) is 16.4. The molecule has 0 aromatic heterocycles. The number of carbonyl (C=O) groups is 7. The maximum atomic E-state index is 12.4. The first-order chi connectivity index (χ1) is 39.5. The summed E-state index contributed by atoms with van der Waals surface area (Å²) >= 11 is 18.0. The Labute approximate surface area is 507 Å². The van der Waals surface area contributed by atoms with Crippen LogP contribution in [0.5, 0.6) is 34.5 Å². The minimum Gasteiger partial charge on any atom is -0.454 e. The molecule has 1 atom stereocenters. The number of rotatable bonds is 11. The average molecular weight is 1220 g/mol. The number of aliphatic hydroxyl groups is 1. The van der Waals surface area contributed by atoms with Crippen LogP contribution in [0.4, 0.5) is 17.1 Å². The molecule has 0 saturated heterocycles. The number of Topliss-reactive ketones (excluding diaryl/α,β-unsaturated/α-hetero) is 1. The smallest absolute Gasteiger partial charge is 0.296 e. The Balaban J connectivity index is 0.000000207. The van der Waals surface area contributed by atoms with E-state index in [0.29, 0.717) is 55.7 Å². The molecule has 6 aromatic carbocycles. The zero-order valence-electron chi connectivity index (χ0n) is 44.1. The molecule has 0 saturated carbocycles. The molecule has 444 valence electrons. The second-order valence-corrected chi connectivity index (χ2v) is 19.3. The summed E-state index contributed by atoms with van der Waals surface area (Å²) in [6, 6.07) is 31.2. The molecule has 6 heterocycles. The second kappa shape index (κ2) is 30.5. The molecule has 0 bridgehead atoms.